The van der Waals surface area contributed by atoms with Crippen molar-refractivity contribution in [3.63, 3.8) is 0 Å². The second-order valence-corrected chi connectivity index (χ2v) is 7.22. The zero-order valence-electron chi connectivity index (χ0n) is 12.8. The molecule has 5 nitrogen and oxygen atoms in total. The van der Waals surface area contributed by atoms with Gasteiger partial charge >= 0.3 is 0 Å². The van der Waals surface area contributed by atoms with E-state index in [2.05, 4.69) is 10.6 Å². The van der Waals surface area contributed by atoms with Crippen LogP contribution in [0.2, 0.25) is 0 Å². The Kier molecular flexibility index (Phi) is 4.20. The van der Waals surface area contributed by atoms with Crippen molar-refractivity contribution in [1.82, 2.24) is 10.6 Å². The van der Waals surface area contributed by atoms with Crippen LogP contribution in [0.5, 0.6) is 0 Å². The average molecular weight is 294 g/mol. The highest BCUT2D eigenvalue weighted by Crippen LogP contribution is 2.60. The molecule has 0 saturated heterocycles. The molecule has 0 radical (unpaired) electrons. The zero-order chi connectivity index (χ0) is 14.9. The maximum absolute atomic E-state index is 12.6. The van der Waals surface area contributed by atoms with Crippen molar-refractivity contribution < 1.29 is 14.3 Å². The highest BCUT2D eigenvalue weighted by molar-refractivity contribution is 5.88. The molecule has 4 fully saturated rings. The van der Waals surface area contributed by atoms with Crippen LogP contribution in [0.1, 0.15) is 38.5 Å². The van der Waals surface area contributed by atoms with Crippen LogP contribution in [0.15, 0.2) is 0 Å². The van der Waals surface area contributed by atoms with Crippen LogP contribution >= 0.6 is 0 Å². The van der Waals surface area contributed by atoms with Crippen molar-refractivity contribution >= 4 is 11.8 Å². The highest BCUT2D eigenvalue weighted by atomic mass is 16.5. The minimum Gasteiger partial charge on any atom is -0.383 e. The molecule has 0 spiro atoms. The van der Waals surface area contributed by atoms with Gasteiger partial charge in [0.2, 0.25) is 11.8 Å². The largest absolute Gasteiger partial charge is 0.383 e. The lowest BCUT2D eigenvalue weighted by Gasteiger charge is -2.55. The van der Waals surface area contributed by atoms with Crippen molar-refractivity contribution in [3.05, 3.63) is 0 Å². The number of hydrogen-bond donors (Lipinski definition) is 2. The molecule has 0 aromatic rings. The van der Waals surface area contributed by atoms with E-state index >= 15 is 0 Å². The summed E-state index contributed by atoms with van der Waals surface area (Å²) in [6.45, 7) is 1.07. The Labute approximate surface area is 126 Å². The molecular weight excluding hydrogens is 268 g/mol. The predicted molar refractivity (Wildman–Crippen MR) is 78.5 cm³/mol. The van der Waals surface area contributed by atoms with E-state index in [1.807, 2.05) is 0 Å². The maximum Gasteiger partial charge on any atom is 0.239 e. The van der Waals surface area contributed by atoms with Gasteiger partial charge in [-0.05, 0) is 56.3 Å². The van der Waals surface area contributed by atoms with Crippen LogP contribution in [0, 0.1) is 23.2 Å². The third kappa shape index (κ3) is 3.07. The molecule has 0 aromatic carbocycles. The molecule has 2 amide bonds. The number of methoxy groups -OCH3 is 1. The van der Waals surface area contributed by atoms with E-state index in [0.717, 1.165) is 37.0 Å². The Bertz CT molecular complexity index is 386. The summed E-state index contributed by atoms with van der Waals surface area (Å²) in [5.74, 6) is 2.22. The van der Waals surface area contributed by atoms with E-state index in [4.69, 9.17) is 4.74 Å². The molecule has 0 atom stereocenters. The standard InChI is InChI=1S/C16H26N2O3/c1-21-3-2-17-14(19)10-18-15(20)16-7-11-4-12(8-16)6-13(5-11)9-16/h11-13H,2-10H2,1H3,(H,17,19)(H,18,20). The number of nitrogens with one attached hydrogen (secondary N) is 2. The molecule has 2 N–H and O–H groups in total. The lowest BCUT2D eigenvalue weighted by molar-refractivity contribution is -0.147. The van der Waals surface area contributed by atoms with Crippen molar-refractivity contribution in [1.29, 1.82) is 0 Å². The number of rotatable bonds is 6. The fourth-order valence-corrected chi connectivity index (χ4v) is 5.09. The second-order valence-electron chi connectivity index (χ2n) is 7.22. The minimum atomic E-state index is -0.165. The molecule has 4 rings (SSSR count). The van der Waals surface area contributed by atoms with E-state index in [9.17, 15) is 9.59 Å². The number of hydrogen-bond acceptors (Lipinski definition) is 3. The van der Waals surface area contributed by atoms with Gasteiger partial charge in [-0.25, -0.2) is 0 Å². The molecule has 0 aliphatic heterocycles. The summed E-state index contributed by atoms with van der Waals surface area (Å²) in [5.41, 5.74) is -0.165. The predicted octanol–water partition coefficient (Wildman–Crippen LogP) is 1.08. The Morgan fingerprint density at radius 1 is 1.05 bits per heavy atom. The molecule has 4 bridgehead atoms. The number of carbonyl (C=O) groups excluding carboxylic acids is 2. The van der Waals surface area contributed by atoms with Gasteiger partial charge in [-0.1, -0.05) is 0 Å². The molecule has 4 saturated carbocycles. The van der Waals surface area contributed by atoms with Gasteiger partial charge in [-0.2, -0.15) is 0 Å². The van der Waals surface area contributed by atoms with Gasteiger partial charge in [0.1, 0.15) is 0 Å². The number of ether oxygens (including phenoxy) is 1. The van der Waals surface area contributed by atoms with E-state index in [0.29, 0.717) is 13.2 Å². The molecule has 0 heterocycles. The van der Waals surface area contributed by atoms with Crippen LogP contribution in [-0.4, -0.2) is 38.6 Å². The highest BCUT2D eigenvalue weighted by Gasteiger charge is 2.54. The number of amides is 2. The van der Waals surface area contributed by atoms with Gasteiger partial charge in [0.05, 0.1) is 13.2 Å². The van der Waals surface area contributed by atoms with Crippen LogP contribution in [-0.2, 0) is 14.3 Å². The third-order valence-electron chi connectivity index (χ3n) is 5.56. The first-order chi connectivity index (χ1) is 10.1. The topological polar surface area (TPSA) is 67.4 Å². The molecule has 4 aliphatic carbocycles. The molecular formula is C16H26N2O3. The van der Waals surface area contributed by atoms with E-state index in [1.54, 1.807) is 7.11 Å². The minimum absolute atomic E-state index is 0.0876. The van der Waals surface area contributed by atoms with Crippen molar-refractivity contribution in [2.24, 2.45) is 23.2 Å². The zero-order valence-corrected chi connectivity index (χ0v) is 12.8. The monoisotopic (exact) mass is 294 g/mol. The molecule has 5 heteroatoms. The number of carbonyl (C=O) groups is 2. The van der Waals surface area contributed by atoms with Crippen LogP contribution in [0.4, 0.5) is 0 Å². The fourth-order valence-electron chi connectivity index (χ4n) is 5.09. The Hall–Kier alpha value is -1.10. The first-order valence-corrected chi connectivity index (χ1v) is 8.15. The molecule has 118 valence electrons. The van der Waals surface area contributed by atoms with Gasteiger partial charge in [-0.3, -0.25) is 9.59 Å². The van der Waals surface area contributed by atoms with Gasteiger partial charge in [-0.15, -0.1) is 0 Å². The normalized spacial score (nSPS) is 36.5. The first kappa shape index (κ1) is 14.8. The Morgan fingerprint density at radius 3 is 2.14 bits per heavy atom. The molecule has 0 unspecified atom stereocenters. The first-order valence-electron chi connectivity index (χ1n) is 8.15. The van der Waals surface area contributed by atoms with E-state index < -0.39 is 0 Å². The molecule has 4 aliphatic rings. The molecule has 0 aromatic heterocycles. The summed E-state index contributed by atoms with van der Waals surface area (Å²) in [6.07, 6.45) is 7.08. The van der Waals surface area contributed by atoms with Crippen LogP contribution < -0.4 is 10.6 Å². The summed E-state index contributed by atoms with van der Waals surface area (Å²) in [6, 6.07) is 0. The summed E-state index contributed by atoms with van der Waals surface area (Å²) in [7, 11) is 1.60. The summed E-state index contributed by atoms with van der Waals surface area (Å²) >= 11 is 0. The second kappa shape index (κ2) is 5.95. The third-order valence-corrected chi connectivity index (χ3v) is 5.56. The van der Waals surface area contributed by atoms with Gasteiger partial charge in [0, 0.05) is 19.1 Å². The SMILES string of the molecule is COCCNC(=O)CNC(=O)C12CC3CC(CC(C3)C1)C2. The van der Waals surface area contributed by atoms with Crippen molar-refractivity contribution in [2.45, 2.75) is 38.5 Å². The Balaban J connectivity index is 1.50. The lowest BCUT2D eigenvalue weighted by Crippen LogP contribution is -2.54. The average Bonchev–Trinajstić information content (AvgIpc) is 2.43. The van der Waals surface area contributed by atoms with E-state index in [-0.39, 0.29) is 23.8 Å². The van der Waals surface area contributed by atoms with Crippen LogP contribution in [0.3, 0.4) is 0 Å². The van der Waals surface area contributed by atoms with Gasteiger partial charge in [0.15, 0.2) is 0 Å². The van der Waals surface area contributed by atoms with Crippen LogP contribution in [0.25, 0.3) is 0 Å². The summed E-state index contributed by atoms with van der Waals surface area (Å²) in [4.78, 5) is 24.3. The lowest BCUT2D eigenvalue weighted by atomic mass is 9.49. The van der Waals surface area contributed by atoms with Crippen molar-refractivity contribution in [3.8, 4) is 0 Å². The van der Waals surface area contributed by atoms with Gasteiger partial charge < -0.3 is 15.4 Å². The summed E-state index contributed by atoms with van der Waals surface area (Å²) in [5, 5.41) is 5.61. The maximum atomic E-state index is 12.6. The quantitative estimate of drug-likeness (QED) is 0.720. The van der Waals surface area contributed by atoms with E-state index in [1.165, 1.54) is 19.3 Å². The fraction of sp³-hybridized carbons (Fsp3) is 0.875. The van der Waals surface area contributed by atoms with Crippen molar-refractivity contribution in [2.75, 3.05) is 26.8 Å². The Morgan fingerprint density at radius 2 is 1.62 bits per heavy atom. The van der Waals surface area contributed by atoms with Gasteiger partial charge in [0.25, 0.3) is 0 Å². The summed E-state index contributed by atoms with van der Waals surface area (Å²) < 4.78 is 4.88. The smallest absolute Gasteiger partial charge is 0.239 e. The molecule has 21 heavy (non-hydrogen) atoms.